The van der Waals surface area contributed by atoms with Gasteiger partial charge in [0.25, 0.3) is 0 Å². The summed E-state index contributed by atoms with van der Waals surface area (Å²) in [6.07, 6.45) is 0.989. The number of hydrogen-bond acceptors (Lipinski definition) is 4. The molecule has 19 heavy (non-hydrogen) atoms. The summed E-state index contributed by atoms with van der Waals surface area (Å²) < 4.78 is 5.03. The smallest absolute Gasteiger partial charge is 0.191 e. The quantitative estimate of drug-likeness (QED) is 0.385. The second kappa shape index (κ2) is 9.12. The van der Waals surface area contributed by atoms with Gasteiger partial charge < -0.3 is 20.3 Å². The summed E-state index contributed by atoms with van der Waals surface area (Å²) in [6.45, 7) is 5.96. The lowest BCUT2D eigenvalue weighted by Gasteiger charge is -2.37. The molecule has 1 aliphatic heterocycles. The van der Waals surface area contributed by atoms with Crippen LogP contribution in [0.15, 0.2) is 4.99 Å². The maximum absolute atomic E-state index is 5.03. The van der Waals surface area contributed by atoms with Gasteiger partial charge in [-0.25, -0.2) is 0 Å². The van der Waals surface area contributed by atoms with Crippen LogP contribution in [0.1, 0.15) is 6.42 Å². The zero-order valence-electron chi connectivity index (χ0n) is 12.8. The second-order valence-electron chi connectivity index (χ2n) is 5.12. The van der Waals surface area contributed by atoms with Gasteiger partial charge in [-0.1, -0.05) is 0 Å². The van der Waals surface area contributed by atoms with Crippen molar-refractivity contribution < 1.29 is 4.74 Å². The molecule has 0 aromatic heterocycles. The average molecular weight is 271 g/mol. The summed E-state index contributed by atoms with van der Waals surface area (Å²) in [7, 11) is 7.90. The summed E-state index contributed by atoms with van der Waals surface area (Å²) in [6, 6.07) is 0.538. The molecule has 0 aromatic rings. The average Bonchev–Trinajstić information content (AvgIpc) is 2.41. The summed E-state index contributed by atoms with van der Waals surface area (Å²) in [4.78, 5) is 9.02. The monoisotopic (exact) mass is 271 g/mol. The van der Waals surface area contributed by atoms with Crippen molar-refractivity contribution in [3.05, 3.63) is 0 Å². The Morgan fingerprint density at radius 3 is 2.79 bits per heavy atom. The van der Waals surface area contributed by atoms with E-state index in [4.69, 9.17) is 4.74 Å². The third kappa shape index (κ3) is 6.22. The van der Waals surface area contributed by atoms with Gasteiger partial charge in [0.15, 0.2) is 5.96 Å². The Morgan fingerprint density at radius 1 is 1.32 bits per heavy atom. The van der Waals surface area contributed by atoms with Gasteiger partial charge in [0.1, 0.15) is 0 Å². The lowest BCUT2D eigenvalue weighted by Crippen LogP contribution is -2.55. The molecule has 6 nitrogen and oxygen atoms in total. The van der Waals surface area contributed by atoms with Gasteiger partial charge >= 0.3 is 0 Å². The maximum atomic E-state index is 5.03. The van der Waals surface area contributed by atoms with Crippen molar-refractivity contribution in [2.24, 2.45) is 4.99 Å². The van der Waals surface area contributed by atoms with Crippen molar-refractivity contribution in [1.29, 1.82) is 0 Å². The molecular weight excluding hydrogens is 242 g/mol. The Bertz CT molecular complexity index is 272. The lowest BCUT2D eigenvalue weighted by molar-refractivity contribution is 0.116. The molecule has 1 rings (SSSR count). The van der Waals surface area contributed by atoms with Crippen LogP contribution in [0, 0.1) is 0 Å². The van der Waals surface area contributed by atoms with Gasteiger partial charge in [0.05, 0.1) is 0 Å². The van der Waals surface area contributed by atoms with E-state index in [1.807, 2.05) is 7.05 Å². The molecule has 0 amide bonds. The van der Waals surface area contributed by atoms with Crippen molar-refractivity contribution in [3.63, 3.8) is 0 Å². The zero-order chi connectivity index (χ0) is 14.1. The molecule has 1 atom stereocenters. The minimum absolute atomic E-state index is 0.538. The number of ether oxygens (including phenoxy) is 1. The fourth-order valence-corrected chi connectivity index (χ4v) is 2.18. The van der Waals surface area contributed by atoms with E-state index in [1.165, 1.54) is 0 Å². The van der Waals surface area contributed by atoms with Crippen LogP contribution >= 0.6 is 0 Å². The van der Waals surface area contributed by atoms with Crippen molar-refractivity contribution in [2.45, 2.75) is 12.5 Å². The molecule has 0 spiro atoms. The summed E-state index contributed by atoms with van der Waals surface area (Å²) >= 11 is 0. The molecule has 0 aliphatic carbocycles. The Labute approximate surface area is 117 Å². The van der Waals surface area contributed by atoms with Crippen molar-refractivity contribution in [2.75, 3.05) is 67.6 Å². The van der Waals surface area contributed by atoms with E-state index in [9.17, 15) is 0 Å². The normalized spacial score (nSPS) is 22.5. The second-order valence-corrected chi connectivity index (χ2v) is 5.12. The number of piperazine rings is 1. The highest BCUT2D eigenvalue weighted by molar-refractivity contribution is 5.79. The predicted octanol–water partition coefficient (Wildman–Crippen LogP) is -0.566. The van der Waals surface area contributed by atoms with E-state index in [2.05, 4.69) is 39.5 Å². The fraction of sp³-hybridized carbons (Fsp3) is 0.923. The summed E-state index contributed by atoms with van der Waals surface area (Å²) in [5, 5.41) is 6.69. The number of methoxy groups -OCH3 is 1. The molecule has 1 saturated heterocycles. The predicted molar refractivity (Wildman–Crippen MR) is 79.8 cm³/mol. The number of aliphatic imine (C=N–C) groups is 1. The van der Waals surface area contributed by atoms with Crippen LogP contribution in [0.25, 0.3) is 0 Å². The van der Waals surface area contributed by atoms with Crippen LogP contribution in [-0.4, -0.2) is 89.4 Å². The van der Waals surface area contributed by atoms with E-state index >= 15 is 0 Å². The number of nitrogens with one attached hydrogen (secondary N) is 2. The lowest BCUT2D eigenvalue weighted by atomic mass is 10.2. The van der Waals surface area contributed by atoms with Crippen LogP contribution in [0.3, 0.4) is 0 Å². The van der Waals surface area contributed by atoms with Gasteiger partial charge in [0, 0.05) is 59.5 Å². The topological polar surface area (TPSA) is 52.1 Å². The third-order valence-electron chi connectivity index (χ3n) is 3.53. The SMILES string of the molecule is CN=C(NCCCOC)NCC1CN(C)CCN1C. The molecule has 1 fully saturated rings. The molecule has 0 bridgehead atoms. The van der Waals surface area contributed by atoms with E-state index in [1.54, 1.807) is 7.11 Å². The number of nitrogens with zero attached hydrogens (tertiary/aromatic N) is 3. The van der Waals surface area contributed by atoms with E-state index in [0.29, 0.717) is 6.04 Å². The highest BCUT2D eigenvalue weighted by Gasteiger charge is 2.21. The largest absolute Gasteiger partial charge is 0.385 e. The highest BCUT2D eigenvalue weighted by atomic mass is 16.5. The first kappa shape index (κ1) is 16.2. The first-order valence-electron chi connectivity index (χ1n) is 6.99. The minimum Gasteiger partial charge on any atom is -0.385 e. The van der Waals surface area contributed by atoms with E-state index in [0.717, 1.165) is 51.7 Å². The molecule has 112 valence electrons. The zero-order valence-corrected chi connectivity index (χ0v) is 12.8. The van der Waals surface area contributed by atoms with Gasteiger partial charge in [-0.3, -0.25) is 9.89 Å². The fourth-order valence-electron chi connectivity index (χ4n) is 2.18. The van der Waals surface area contributed by atoms with Gasteiger partial charge in [0.2, 0.25) is 0 Å². The Kier molecular flexibility index (Phi) is 7.78. The van der Waals surface area contributed by atoms with Crippen LogP contribution in [0.4, 0.5) is 0 Å². The molecule has 1 unspecified atom stereocenters. The number of hydrogen-bond donors (Lipinski definition) is 2. The molecule has 1 aliphatic rings. The summed E-state index contributed by atoms with van der Waals surface area (Å²) in [5.74, 6) is 0.873. The van der Waals surface area contributed by atoms with Gasteiger partial charge in [-0.2, -0.15) is 0 Å². The Hall–Kier alpha value is -0.850. The van der Waals surface area contributed by atoms with E-state index < -0.39 is 0 Å². The molecular formula is C13H29N5O. The molecule has 0 saturated carbocycles. The van der Waals surface area contributed by atoms with Crippen LogP contribution in [0.2, 0.25) is 0 Å². The number of rotatable bonds is 6. The number of likely N-dealkylation sites (N-methyl/N-ethyl adjacent to an activating group) is 2. The molecule has 2 N–H and O–H groups in total. The molecule has 6 heteroatoms. The molecule has 0 aromatic carbocycles. The van der Waals surface area contributed by atoms with Crippen LogP contribution in [-0.2, 0) is 4.74 Å². The minimum atomic E-state index is 0.538. The van der Waals surface area contributed by atoms with Crippen molar-refractivity contribution >= 4 is 5.96 Å². The maximum Gasteiger partial charge on any atom is 0.191 e. The van der Waals surface area contributed by atoms with Crippen molar-refractivity contribution in [1.82, 2.24) is 20.4 Å². The number of guanidine groups is 1. The first-order valence-corrected chi connectivity index (χ1v) is 6.99. The van der Waals surface area contributed by atoms with Gasteiger partial charge in [-0.15, -0.1) is 0 Å². The Morgan fingerprint density at radius 2 is 2.11 bits per heavy atom. The van der Waals surface area contributed by atoms with Crippen LogP contribution < -0.4 is 10.6 Å². The van der Waals surface area contributed by atoms with E-state index in [-0.39, 0.29) is 0 Å². The van der Waals surface area contributed by atoms with Crippen molar-refractivity contribution in [3.8, 4) is 0 Å². The molecule has 1 heterocycles. The highest BCUT2D eigenvalue weighted by Crippen LogP contribution is 2.04. The summed E-state index contributed by atoms with van der Waals surface area (Å²) in [5.41, 5.74) is 0. The standard InChI is InChI=1S/C13H29N5O/c1-14-13(15-6-5-9-19-4)16-10-12-11-17(2)7-8-18(12)3/h12H,5-11H2,1-4H3,(H2,14,15,16). The Balaban J connectivity index is 2.24. The van der Waals surface area contributed by atoms with Crippen LogP contribution in [0.5, 0.6) is 0 Å². The van der Waals surface area contributed by atoms with Gasteiger partial charge in [-0.05, 0) is 20.5 Å². The first-order chi connectivity index (χ1) is 9.17. The third-order valence-corrected chi connectivity index (χ3v) is 3.53. The molecule has 0 radical (unpaired) electrons.